The molecule has 0 saturated carbocycles. The number of aromatic nitrogens is 2. The van der Waals surface area contributed by atoms with Gasteiger partial charge in [-0.05, 0) is 28.9 Å². The number of rotatable bonds is 6. The van der Waals surface area contributed by atoms with Crippen molar-refractivity contribution in [1.82, 2.24) is 9.97 Å². The summed E-state index contributed by atoms with van der Waals surface area (Å²) < 4.78 is 6.16. The summed E-state index contributed by atoms with van der Waals surface area (Å²) in [7, 11) is 1.67. The van der Waals surface area contributed by atoms with Crippen molar-refractivity contribution in [3.8, 4) is 5.75 Å². The molecule has 0 saturated heterocycles. The van der Waals surface area contributed by atoms with Crippen LogP contribution in [0.3, 0.4) is 0 Å². The molecule has 0 unspecified atom stereocenters. The van der Waals surface area contributed by atoms with Gasteiger partial charge in [0.1, 0.15) is 11.6 Å². The van der Waals surface area contributed by atoms with Crippen LogP contribution in [0.2, 0.25) is 0 Å². The predicted molar refractivity (Wildman–Crippen MR) is 84.2 cm³/mol. The Morgan fingerprint density at radius 3 is 2.80 bits per heavy atom. The van der Waals surface area contributed by atoms with Gasteiger partial charge in [0, 0.05) is 24.8 Å². The second kappa shape index (κ2) is 7.09. The number of nitrogens with zero attached hydrogens (tertiary/aromatic N) is 2. The summed E-state index contributed by atoms with van der Waals surface area (Å²) >= 11 is 3.44. The third kappa shape index (κ3) is 3.60. The second-order valence-corrected chi connectivity index (χ2v) is 4.94. The Kier molecular flexibility index (Phi) is 5.17. The molecule has 2 aromatic rings. The third-order valence-corrected chi connectivity index (χ3v) is 3.30. The Morgan fingerprint density at radius 2 is 2.05 bits per heavy atom. The number of methoxy groups -OCH3 is 1. The zero-order valence-corrected chi connectivity index (χ0v) is 13.1. The molecule has 6 heteroatoms. The zero-order valence-electron chi connectivity index (χ0n) is 11.5. The number of para-hydroxylation sites is 1. The summed E-state index contributed by atoms with van der Waals surface area (Å²) in [5.41, 5.74) is 1.07. The molecule has 0 aliphatic rings. The first-order valence-corrected chi connectivity index (χ1v) is 7.16. The molecule has 0 fully saturated rings. The largest absolute Gasteiger partial charge is 0.496 e. The maximum absolute atomic E-state index is 5.33. The maximum atomic E-state index is 5.33. The lowest BCUT2D eigenvalue weighted by Gasteiger charge is -2.11. The molecule has 1 aromatic heterocycles. The van der Waals surface area contributed by atoms with Crippen molar-refractivity contribution in [1.29, 1.82) is 0 Å². The summed E-state index contributed by atoms with van der Waals surface area (Å²) in [4.78, 5) is 8.60. The second-order valence-electron chi connectivity index (χ2n) is 4.09. The molecule has 0 radical (unpaired) electrons. The van der Waals surface area contributed by atoms with Crippen LogP contribution in [0.1, 0.15) is 12.5 Å². The van der Waals surface area contributed by atoms with Crippen LogP contribution in [0.4, 0.5) is 11.8 Å². The van der Waals surface area contributed by atoms with Gasteiger partial charge in [0.25, 0.3) is 0 Å². The summed E-state index contributed by atoms with van der Waals surface area (Å²) in [6, 6.07) is 7.90. The van der Waals surface area contributed by atoms with Crippen molar-refractivity contribution in [2.24, 2.45) is 0 Å². The molecule has 0 aliphatic heterocycles. The molecule has 106 valence electrons. The van der Waals surface area contributed by atoms with Gasteiger partial charge in [0.15, 0.2) is 0 Å². The van der Waals surface area contributed by atoms with Crippen molar-refractivity contribution >= 4 is 27.7 Å². The highest BCUT2D eigenvalue weighted by atomic mass is 79.9. The van der Waals surface area contributed by atoms with Gasteiger partial charge in [-0.3, -0.25) is 0 Å². The van der Waals surface area contributed by atoms with Crippen LogP contribution < -0.4 is 15.4 Å². The van der Waals surface area contributed by atoms with Crippen LogP contribution >= 0.6 is 15.9 Å². The van der Waals surface area contributed by atoms with Crippen molar-refractivity contribution in [3.63, 3.8) is 0 Å². The lowest BCUT2D eigenvalue weighted by Crippen LogP contribution is -2.07. The van der Waals surface area contributed by atoms with E-state index in [2.05, 4.69) is 36.5 Å². The van der Waals surface area contributed by atoms with Crippen molar-refractivity contribution in [2.75, 3.05) is 24.3 Å². The van der Waals surface area contributed by atoms with E-state index in [0.29, 0.717) is 12.5 Å². The summed E-state index contributed by atoms with van der Waals surface area (Å²) in [6.45, 7) is 3.42. The van der Waals surface area contributed by atoms with E-state index >= 15 is 0 Å². The van der Waals surface area contributed by atoms with Crippen LogP contribution in [-0.2, 0) is 6.54 Å². The molecular weight excluding hydrogens is 320 g/mol. The van der Waals surface area contributed by atoms with Gasteiger partial charge in [0.2, 0.25) is 5.95 Å². The molecule has 1 heterocycles. The van der Waals surface area contributed by atoms with Crippen molar-refractivity contribution < 1.29 is 4.74 Å². The Balaban J connectivity index is 2.12. The number of halogens is 1. The van der Waals surface area contributed by atoms with E-state index in [1.54, 1.807) is 13.3 Å². The van der Waals surface area contributed by atoms with Gasteiger partial charge >= 0.3 is 0 Å². The highest BCUT2D eigenvalue weighted by Gasteiger charge is 2.06. The lowest BCUT2D eigenvalue weighted by atomic mass is 10.2. The van der Waals surface area contributed by atoms with Crippen LogP contribution in [-0.4, -0.2) is 23.6 Å². The third-order valence-electron chi connectivity index (χ3n) is 2.72. The molecule has 0 bridgehead atoms. The first kappa shape index (κ1) is 14.6. The van der Waals surface area contributed by atoms with E-state index in [9.17, 15) is 0 Å². The van der Waals surface area contributed by atoms with Crippen LogP contribution in [0.5, 0.6) is 5.75 Å². The number of nitrogens with one attached hydrogen (secondary N) is 2. The van der Waals surface area contributed by atoms with Crippen LogP contribution in [0.25, 0.3) is 0 Å². The Hall–Kier alpha value is -1.82. The average molecular weight is 337 g/mol. The fraction of sp³-hybridized carbons (Fsp3) is 0.286. The number of anilines is 2. The summed E-state index contributed by atoms with van der Waals surface area (Å²) in [5.74, 6) is 2.22. The number of benzene rings is 1. The quantitative estimate of drug-likeness (QED) is 0.847. The van der Waals surface area contributed by atoms with Gasteiger partial charge in [-0.15, -0.1) is 0 Å². The molecule has 20 heavy (non-hydrogen) atoms. The Bertz CT molecular complexity index is 577. The molecular formula is C14H17BrN4O. The highest BCUT2D eigenvalue weighted by molar-refractivity contribution is 9.10. The van der Waals surface area contributed by atoms with Gasteiger partial charge < -0.3 is 15.4 Å². The number of hydrogen-bond donors (Lipinski definition) is 2. The highest BCUT2D eigenvalue weighted by Crippen LogP contribution is 2.23. The van der Waals surface area contributed by atoms with Crippen LogP contribution in [0, 0.1) is 0 Å². The van der Waals surface area contributed by atoms with Crippen molar-refractivity contribution in [2.45, 2.75) is 13.5 Å². The molecule has 0 aliphatic carbocycles. The number of hydrogen-bond acceptors (Lipinski definition) is 5. The minimum atomic E-state index is 0.609. The molecule has 0 atom stereocenters. The average Bonchev–Trinajstić information content (AvgIpc) is 2.48. The molecule has 2 N–H and O–H groups in total. The molecule has 0 spiro atoms. The van der Waals surface area contributed by atoms with E-state index in [1.807, 2.05) is 31.2 Å². The monoisotopic (exact) mass is 336 g/mol. The molecule has 1 aromatic carbocycles. The van der Waals surface area contributed by atoms with Gasteiger partial charge in [-0.1, -0.05) is 18.2 Å². The van der Waals surface area contributed by atoms with Crippen molar-refractivity contribution in [3.05, 3.63) is 40.5 Å². The van der Waals surface area contributed by atoms with E-state index in [1.165, 1.54) is 0 Å². The van der Waals surface area contributed by atoms with Crippen LogP contribution in [0.15, 0.2) is 34.9 Å². The van der Waals surface area contributed by atoms with Gasteiger partial charge in [-0.2, -0.15) is 4.98 Å². The van der Waals surface area contributed by atoms with Gasteiger partial charge in [-0.25, -0.2) is 4.98 Å². The Morgan fingerprint density at radius 1 is 1.25 bits per heavy atom. The van der Waals surface area contributed by atoms with E-state index in [0.717, 1.165) is 28.1 Å². The predicted octanol–water partition coefficient (Wildman–Crippen LogP) is 3.29. The molecule has 0 amide bonds. The SMILES string of the molecule is CCNc1ncc(Br)c(NCc2ccccc2OC)n1. The van der Waals surface area contributed by atoms with E-state index in [-0.39, 0.29) is 0 Å². The smallest absolute Gasteiger partial charge is 0.224 e. The maximum Gasteiger partial charge on any atom is 0.224 e. The standard InChI is InChI=1S/C14H17BrN4O/c1-3-16-14-18-9-11(15)13(19-14)17-8-10-6-4-5-7-12(10)20-2/h4-7,9H,3,8H2,1-2H3,(H2,16,17,18,19). The molecule has 5 nitrogen and oxygen atoms in total. The normalized spacial score (nSPS) is 10.2. The fourth-order valence-electron chi connectivity index (χ4n) is 1.76. The number of ether oxygens (including phenoxy) is 1. The zero-order chi connectivity index (χ0) is 14.4. The summed E-state index contributed by atoms with van der Waals surface area (Å²) in [6.07, 6.45) is 1.73. The first-order valence-electron chi connectivity index (χ1n) is 6.36. The lowest BCUT2D eigenvalue weighted by molar-refractivity contribution is 0.410. The topological polar surface area (TPSA) is 59.1 Å². The minimum Gasteiger partial charge on any atom is -0.496 e. The Labute approximate surface area is 126 Å². The van der Waals surface area contributed by atoms with E-state index in [4.69, 9.17) is 4.74 Å². The van der Waals surface area contributed by atoms with E-state index < -0.39 is 0 Å². The molecule has 2 rings (SSSR count). The first-order chi connectivity index (χ1) is 9.74. The summed E-state index contributed by atoms with van der Waals surface area (Å²) in [5, 5.41) is 6.37. The van der Waals surface area contributed by atoms with Gasteiger partial charge in [0.05, 0.1) is 11.6 Å². The minimum absolute atomic E-state index is 0.609. The fourth-order valence-corrected chi connectivity index (χ4v) is 2.09.